The number of fused-ring (bicyclic) bond motifs is 3. The van der Waals surface area contributed by atoms with Gasteiger partial charge in [-0.15, -0.1) is 0 Å². The Morgan fingerprint density at radius 1 is 0.905 bits per heavy atom. The van der Waals surface area contributed by atoms with E-state index in [1.807, 2.05) is 87.5 Å². The monoisotopic (exact) mass is 569 g/mol. The van der Waals surface area contributed by atoms with Crippen LogP contribution in [0.1, 0.15) is 56.2 Å². The van der Waals surface area contributed by atoms with Gasteiger partial charge in [-0.2, -0.15) is 0 Å². The zero-order chi connectivity index (χ0) is 29.9. The first-order valence-corrected chi connectivity index (χ1v) is 14.5. The van der Waals surface area contributed by atoms with Crippen LogP contribution in [0.5, 0.6) is 0 Å². The normalized spacial score (nSPS) is 17.0. The molecule has 2 amide bonds. The van der Waals surface area contributed by atoms with Gasteiger partial charge in [0.05, 0.1) is 0 Å². The Kier molecular flexibility index (Phi) is 8.36. The molecule has 3 aromatic rings. The number of rotatable bonds is 8. The van der Waals surface area contributed by atoms with Crippen molar-refractivity contribution in [1.29, 1.82) is 0 Å². The number of benzene rings is 3. The molecule has 8 nitrogen and oxygen atoms in total. The number of piperidine rings is 1. The maximum Gasteiger partial charge on any atom is 0.407 e. The molecular weight excluding hydrogens is 530 g/mol. The number of nitrogens with zero attached hydrogens (tertiary/aromatic N) is 1. The van der Waals surface area contributed by atoms with Crippen molar-refractivity contribution in [3.8, 4) is 11.1 Å². The van der Waals surface area contributed by atoms with E-state index >= 15 is 0 Å². The Bertz CT molecular complexity index is 1400. The van der Waals surface area contributed by atoms with Gasteiger partial charge in [0.2, 0.25) is 5.91 Å². The summed E-state index contributed by atoms with van der Waals surface area (Å²) in [7, 11) is 0. The van der Waals surface area contributed by atoms with Crippen LogP contribution in [0.25, 0.3) is 11.1 Å². The molecule has 0 saturated carbocycles. The quantitative estimate of drug-likeness (QED) is 0.345. The number of hydrogen-bond acceptors (Lipinski definition) is 5. The second-order valence-electron chi connectivity index (χ2n) is 12.4. The lowest BCUT2D eigenvalue weighted by molar-refractivity contribution is -0.151. The molecule has 1 atom stereocenters. The number of carboxylic acids is 1. The van der Waals surface area contributed by atoms with Gasteiger partial charge in [0.1, 0.15) is 18.2 Å². The first-order chi connectivity index (χ1) is 20.1. The summed E-state index contributed by atoms with van der Waals surface area (Å²) in [6.07, 6.45) is -0.181. The molecule has 2 aliphatic rings. The zero-order valence-corrected chi connectivity index (χ0v) is 24.4. The summed E-state index contributed by atoms with van der Waals surface area (Å²) in [6.45, 7) is 7.39. The minimum atomic E-state index is -1.41. The van der Waals surface area contributed by atoms with E-state index < -0.39 is 35.0 Å². The summed E-state index contributed by atoms with van der Waals surface area (Å²) in [5.74, 6) is -1.71. The lowest BCUT2D eigenvalue weighted by atomic mass is 9.83. The molecule has 3 N–H and O–H groups in total. The van der Waals surface area contributed by atoms with Crippen LogP contribution in [0.2, 0.25) is 0 Å². The van der Waals surface area contributed by atoms with Crippen LogP contribution in [-0.2, 0) is 20.9 Å². The van der Waals surface area contributed by atoms with E-state index in [9.17, 15) is 19.5 Å². The van der Waals surface area contributed by atoms with Crippen LogP contribution < -0.4 is 10.6 Å². The molecule has 1 aliphatic heterocycles. The second kappa shape index (κ2) is 12.0. The van der Waals surface area contributed by atoms with Gasteiger partial charge in [-0.1, -0.05) is 99.6 Å². The summed E-state index contributed by atoms with van der Waals surface area (Å²) in [6, 6.07) is 25.2. The van der Waals surface area contributed by atoms with Gasteiger partial charge in [0, 0.05) is 25.6 Å². The molecule has 8 heteroatoms. The van der Waals surface area contributed by atoms with Crippen molar-refractivity contribution in [2.24, 2.45) is 5.41 Å². The van der Waals surface area contributed by atoms with Crippen LogP contribution in [-0.4, -0.2) is 59.3 Å². The van der Waals surface area contributed by atoms with Crippen molar-refractivity contribution in [2.75, 3.05) is 19.7 Å². The third-order valence-corrected chi connectivity index (χ3v) is 8.46. The highest BCUT2D eigenvalue weighted by Crippen LogP contribution is 2.44. The van der Waals surface area contributed by atoms with E-state index in [-0.39, 0.29) is 25.4 Å². The summed E-state index contributed by atoms with van der Waals surface area (Å²) in [5, 5.41) is 15.8. The van der Waals surface area contributed by atoms with Crippen LogP contribution in [0, 0.1) is 5.41 Å². The SMILES string of the molecule is CC(C)(C)[C@H](NC(=O)OCC1c2ccccc2-c2ccccc21)C(=O)NC1(C(=O)O)CCN(Cc2ccccc2)CC1. The van der Waals surface area contributed by atoms with Gasteiger partial charge in [-0.3, -0.25) is 9.69 Å². The largest absolute Gasteiger partial charge is 0.480 e. The minimum absolute atomic E-state index is 0.110. The van der Waals surface area contributed by atoms with Crippen LogP contribution in [0.15, 0.2) is 78.9 Å². The van der Waals surface area contributed by atoms with Crippen molar-refractivity contribution in [3.63, 3.8) is 0 Å². The molecule has 220 valence electrons. The second-order valence-corrected chi connectivity index (χ2v) is 12.4. The van der Waals surface area contributed by atoms with Gasteiger partial charge >= 0.3 is 12.1 Å². The number of carboxylic acid groups (broad SMARTS) is 1. The number of ether oxygens (including phenoxy) is 1. The van der Waals surface area contributed by atoms with Gasteiger partial charge in [-0.05, 0) is 46.1 Å². The Labute approximate surface area is 247 Å². The van der Waals surface area contributed by atoms with Crippen molar-refractivity contribution in [2.45, 2.75) is 57.7 Å². The van der Waals surface area contributed by atoms with Crippen molar-refractivity contribution < 1.29 is 24.2 Å². The highest BCUT2D eigenvalue weighted by molar-refractivity contribution is 5.92. The fourth-order valence-electron chi connectivity index (χ4n) is 6.07. The van der Waals surface area contributed by atoms with Gasteiger partial charge in [0.15, 0.2) is 0 Å². The Hall–Kier alpha value is -4.17. The number of amides is 2. The van der Waals surface area contributed by atoms with E-state index in [2.05, 4.69) is 27.7 Å². The predicted molar refractivity (Wildman–Crippen MR) is 161 cm³/mol. The molecule has 3 aromatic carbocycles. The smallest absolute Gasteiger partial charge is 0.407 e. The third kappa shape index (κ3) is 6.19. The number of carbonyl (C=O) groups excluding carboxylic acids is 2. The van der Waals surface area contributed by atoms with E-state index in [1.54, 1.807) is 0 Å². The fourth-order valence-corrected chi connectivity index (χ4v) is 6.07. The topological polar surface area (TPSA) is 108 Å². The van der Waals surface area contributed by atoms with Gasteiger partial charge < -0.3 is 20.5 Å². The Morgan fingerprint density at radius 3 is 2.00 bits per heavy atom. The molecule has 0 unspecified atom stereocenters. The maximum atomic E-state index is 13.6. The molecule has 0 spiro atoms. The molecule has 1 saturated heterocycles. The number of hydrogen-bond donors (Lipinski definition) is 3. The summed E-state index contributed by atoms with van der Waals surface area (Å²) < 4.78 is 5.70. The number of carbonyl (C=O) groups is 3. The van der Waals surface area contributed by atoms with E-state index in [0.29, 0.717) is 13.1 Å². The maximum absolute atomic E-state index is 13.6. The van der Waals surface area contributed by atoms with E-state index in [4.69, 9.17) is 4.74 Å². The van der Waals surface area contributed by atoms with Crippen molar-refractivity contribution >= 4 is 18.0 Å². The summed E-state index contributed by atoms with van der Waals surface area (Å²) in [5.41, 5.74) is 3.51. The Balaban J connectivity index is 1.23. The number of nitrogens with one attached hydrogen (secondary N) is 2. The number of aliphatic carboxylic acids is 1. The van der Waals surface area contributed by atoms with Crippen LogP contribution >= 0.6 is 0 Å². The molecule has 42 heavy (non-hydrogen) atoms. The molecule has 0 radical (unpaired) electrons. The average molecular weight is 570 g/mol. The Morgan fingerprint density at radius 2 is 1.45 bits per heavy atom. The van der Waals surface area contributed by atoms with Crippen LogP contribution in [0.3, 0.4) is 0 Å². The summed E-state index contributed by atoms with van der Waals surface area (Å²) >= 11 is 0. The number of alkyl carbamates (subject to hydrolysis) is 1. The standard InChI is InChI=1S/C34H39N3O5/c1-33(2,3)29(30(38)36-34(31(39)40)17-19-37(20-18-34)21-23-11-5-4-6-12-23)35-32(41)42-22-28-26-15-9-7-13-24(26)25-14-8-10-16-27(25)28/h4-16,28-29H,17-22H2,1-3H3,(H,35,41)(H,36,38)(H,39,40)/t29-/m1/s1. The molecule has 0 aromatic heterocycles. The van der Waals surface area contributed by atoms with E-state index in [1.165, 1.54) is 0 Å². The van der Waals surface area contributed by atoms with E-state index in [0.717, 1.165) is 34.4 Å². The predicted octanol–water partition coefficient (Wildman–Crippen LogP) is 5.18. The van der Waals surface area contributed by atoms with Gasteiger partial charge in [-0.25, -0.2) is 9.59 Å². The first kappa shape index (κ1) is 29.3. The molecule has 1 fully saturated rings. The number of likely N-dealkylation sites (tertiary alicyclic amines) is 1. The molecule has 1 heterocycles. The zero-order valence-electron chi connectivity index (χ0n) is 24.4. The molecule has 5 rings (SSSR count). The molecular formula is C34H39N3O5. The van der Waals surface area contributed by atoms with Crippen molar-refractivity contribution in [3.05, 3.63) is 95.6 Å². The highest BCUT2D eigenvalue weighted by atomic mass is 16.5. The van der Waals surface area contributed by atoms with Crippen LogP contribution in [0.4, 0.5) is 4.79 Å². The minimum Gasteiger partial charge on any atom is -0.480 e. The lowest BCUT2D eigenvalue weighted by Gasteiger charge is -2.41. The summed E-state index contributed by atoms with van der Waals surface area (Å²) in [4.78, 5) is 41.3. The van der Waals surface area contributed by atoms with Crippen molar-refractivity contribution in [1.82, 2.24) is 15.5 Å². The third-order valence-electron chi connectivity index (χ3n) is 8.46. The fraction of sp³-hybridized carbons (Fsp3) is 0.382. The lowest BCUT2D eigenvalue weighted by Crippen LogP contribution is -2.64. The first-order valence-electron chi connectivity index (χ1n) is 14.5. The van der Waals surface area contributed by atoms with Gasteiger partial charge in [0.25, 0.3) is 0 Å². The average Bonchev–Trinajstić information content (AvgIpc) is 3.29. The molecule has 1 aliphatic carbocycles. The molecule has 0 bridgehead atoms. The highest BCUT2D eigenvalue weighted by Gasteiger charge is 2.45.